The summed E-state index contributed by atoms with van der Waals surface area (Å²) < 4.78 is 39.9. The fraction of sp³-hybridized carbons (Fsp3) is 0.500. The molecule has 1 atom stereocenters. The molecular weight excluding hydrogens is 450 g/mol. The number of anilines is 2. The highest BCUT2D eigenvalue weighted by atomic mass is 32.1. The summed E-state index contributed by atoms with van der Waals surface area (Å²) in [4.78, 5) is 31.3. The minimum Gasteiger partial charge on any atom is -0.474 e. The van der Waals surface area contributed by atoms with E-state index < -0.39 is 29.9 Å². The topological polar surface area (TPSA) is 108 Å². The van der Waals surface area contributed by atoms with Crippen LogP contribution in [0, 0.1) is 11.6 Å². The number of hydroxylamine groups is 1. The lowest BCUT2D eigenvalue weighted by Gasteiger charge is -2.25. The molecule has 0 aliphatic carbocycles. The van der Waals surface area contributed by atoms with Gasteiger partial charge in [0.2, 0.25) is 0 Å². The molecule has 1 aromatic carbocycles. The number of urea groups is 1. The average molecular weight is 474 g/mol. The number of amides is 3. The number of hydrogen-bond donors (Lipinski definition) is 3. The van der Waals surface area contributed by atoms with Crippen molar-refractivity contribution >= 4 is 40.9 Å². The molecule has 3 rings (SSSR count). The molecule has 0 saturated carbocycles. The normalized spacial score (nSPS) is 18.8. The molecule has 14 heteroatoms. The molecule has 11 nitrogen and oxygen atoms in total. The highest BCUT2D eigenvalue weighted by Gasteiger charge is 2.34. The molecule has 32 heavy (non-hydrogen) atoms. The van der Waals surface area contributed by atoms with Crippen LogP contribution in [0.2, 0.25) is 0 Å². The van der Waals surface area contributed by atoms with Gasteiger partial charge in [0.1, 0.15) is 11.8 Å². The lowest BCUT2D eigenvalue weighted by molar-refractivity contribution is 0.0784. The van der Waals surface area contributed by atoms with Crippen molar-refractivity contribution in [2.24, 2.45) is 0 Å². The predicted octanol–water partition coefficient (Wildman–Crippen LogP) is 0.709. The number of carbonyl (C=O) groups excluding carboxylic acids is 2. The number of nitrogens with one attached hydrogen (secondary N) is 3. The van der Waals surface area contributed by atoms with Gasteiger partial charge in [-0.1, -0.05) is 0 Å². The van der Waals surface area contributed by atoms with Crippen LogP contribution in [0.5, 0.6) is 0 Å². The summed E-state index contributed by atoms with van der Waals surface area (Å²) in [6.45, 7) is 1.15. The Morgan fingerprint density at radius 1 is 1.28 bits per heavy atom. The van der Waals surface area contributed by atoms with Crippen molar-refractivity contribution in [1.29, 1.82) is 0 Å². The molecule has 0 bridgehead atoms. The van der Waals surface area contributed by atoms with Gasteiger partial charge in [0.25, 0.3) is 5.17 Å². The number of methoxy groups -OCH3 is 1. The van der Waals surface area contributed by atoms with Gasteiger partial charge in [-0.15, -0.1) is 0 Å². The first-order valence-corrected chi connectivity index (χ1v) is 10.1. The van der Waals surface area contributed by atoms with E-state index in [4.69, 9.17) is 21.7 Å². The number of hydrazine groups is 1. The van der Waals surface area contributed by atoms with Crippen molar-refractivity contribution in [3.8, 4) is 0 Å². The first kappa shape index (κ1) is 23.7. The maximum atomic E-state index is 14.9. The summed E-state index contributed by atoms with van der Waals surface area (Å²) in [5, 5.41) is 4.18. The molecule has 2 aliphatic rings. The van der Waals surface area contributed by atoms with Gasteiger partial charge in [-0.3, -0.25) is 14.7 Å². The van der Waals surface area contributed by atoms with Crippen molar-refractivity contribution in [3.05, 3.63) is 23.8 Å². The third-order valence-electron chi connectivity index (χ3n) is 4.88. The molecule has 2 fully saturated rings. The quantitative estimate of drug-likeness (QED) is 0.420. The van der Waals surface area contributed by atoms with Gasteiger partial charge >= 0.3 is 12.1 Å². The summed E-state index contributed by atoms with van der Waals surface area (Å²) in [5.41, 5.74) is 4.84. The Bertz CT molecular complexity index is 855. The minimum absolute atomic E-state index is 0.0413. The first-order chi connectivity index (χ1) is 15.3. The number of ether oxygens (including phenoxy) is 2. The molecule has 2 saturated heterocycles. The van der Waals surface area contributed by atoms with Gasteiger partial charge in [-0.2, -0.15) is 0 Å². The van der Waals surface area contributed by atoms with Crippen molar-refractivity contribution in [3.63, 3.8) is 0 Å². The van der Waals surface area contributed by atoms with Gasteiger partial charge in [0, 0.05) is 31.8 Å². The van der Waals surface area contributed by atoms with E-state index >= 15 is 0 Å². The van der Waals surface area contributed by atoms with Crippen LogP contribution in [0.3, 0.4) is 0 Å². The number of cyclic esters (lactones) is 1. The number of benzene rings is 1. The zero-order valence-corrected chi connectivity index (χ0v) is 18.3. The molecule has 0 radical (unpaired) electrons. The van der Waals surface area contributed by atoms with Gasteiger partial charge in [0.15, 0.2) is 11.6 Å². The molecule has 0 unspecified atom stereocenters. The predicted molar refractivity (Wildman–Crippen MR) is 114 cm³/mol. The zero-order chi connectivity index (χ0) is 23.3. The van der Waals surface area contributed by atoms with E-state index in [1.54, 1.807) is 0 Å². The SMILES string of the molecule is CONC(=O)N1CCN(c2c(F)cc(N3C[C@H](CNC(=S)OC)OC3=O)cc2F)CCN1. The van der Waals surface area contributed by atoms with Crippen LogP contribution < -0.4 is 26.0 Å². The number of halogens is 2. The average Bonchev–Trinajstić information content (AvgIpc) is 2.96. The molecule has 0 spiro atoms. The van der Waals surface area contributed by atoms with Crippen molar-refractivity contribution in [2.45, 2.75) is 6.10 Å². The number of rotatable bonds is 5. The van der Waals surface area contributed by atoms with Crippen molar-refractivity contribution < 1.29 is 32.7 Å². The molecule has 3 amide bonds. The van der Waals surface area contributed by atoms with E-state index in [9.17, 15) is 18.4 Å². The number of hydrogen-bond acceptors (Lipinski definition) is 8. The van der Waals surface area contributed by atoms with Gasteiger partial charge in [-0.25, -0.2) is 29.3 Å². The van der Waals surface area contributed by atoms with E-state index in [2.05, 4.69) is 21.1 Å². The van der Waals surface area contributed by atoms with Crippen LogP contribution in [-0.4, -0.2) is 81.9 Å². The van der Waals surface area contributed by atoms with E-state index in [-0.39, 0.29) is 55.8 Å². The van der Waals surface area contributed by atoms with Gasteiger partial charge < -0.3 is 19.7 Å². The Morgan fingerprint density at radius 3 is 2.66 bits per heavy atom. The number of carbonyl (C=O) groups is 2. The van der Waals surface area contributed by atoms with Crippen molar-refractivity contribution in [1.82, 2.24) is 21.2 Å². The molecular formula is C18H24F2N6O5S. The van der Waals surface area contributed by atoms with E-state index in [1.807, 2.05) is 0 Å². The lowest BCUT2D eigenvalue weighted by atomic mass is 10.2. The maximum Gasteiger partial charge on any atom is 0.414 e. The fourth-order valence-corrected chi connectivity index (χ4v) is 3.47. The van der Waals surface area contributed by atoms with Crippen LogP contribution in [0.15, 0.2) is 12.1 Å². The third kappa shape index (κ3) is 5.44. The molecule has 176 valence electrons. The first-order valence-electron chi connectivity index (χ1n) is 9.72. The zero-order valence-electron chi connectivity index (χ0n) is 17.5. The lowest BCUT2D eigenvalue weighted by Crippen LogP contribution is -2.48. The Kier molecular flexibility index (Phi) is 7.82. The molecule has 0 aromatic heterocycles. The summed E-state index contributed by atoms with van der Waals surface area (Å²) in [6, 6.07) is 1.65. The molecule has 2 aliphatic heterocycles. The van der Waals surface area contributed by atoms with Crippen LogP contribution >= 0.6 is 12.2 Å². The smallest absolute Gasteiger partial charge is 0.414 e. The van der Waals surface area contributed by atoms with Crippen LogP contribution in [0.25, 0.3) is 0 Å². The standard InChI is InChI=1S/C18H24F2N6O5S/c1-29-17(32)21-9-12-10-25(18(28)31-12)11-7-13(19)15(14(20)8-11)24-4-3-22-26(6-5-24)16(27)23-30-2/h7-8,12,22H,3-6,9-10H2,1-2H3,(H,21,32)(H,23,27)/t12-/m0/s1. The van der Waals surface area contributed by atoms with Crippen molar-refractivity contribution in [2.75, 3.05) is 63.3 Å². The van der Waals surface area contributed by atoms with E-state index in [0.29, 0.717) is 0 Å². The van der Waals surface area contributed by atoms with Gasteiger partial charge in [0.05, 0.1) is 39.5 Å². The molecule has 1 aromatic rings. The summed E-state index contributed by atoms with van der Waals surface area (Å²) in [6.07, 6.45) is -1.28. The summed E-state index contributed by atoms with van der Waals surface area (Å²) in [5.74, 6) is -1.66. The second-order valence-corrected chi connectivity index (χ2v) is 7.28. The summed E-state index contributed by atoms with van der Waals surface area (Å²) >= 11 is 4.87. The number of nitrogens with zero attached hydrogens (tertiary/aromatic N) is 3. The maximum absolute atomic E-state index is 14.9. The molecule has 2 heterocycles. The van der Waals surface area contributed by atoms with Crippen LogP contribution in [-0.2, 0) is 14.3 Å². The van der Waals surface area contributed by atoms with E-state index in [1.165, 1.54) is 24.1 Å². The largest absolute Gasteiger partial charge is 0.474 e. The van der Waals surface area contributed by atoms with Crippen LogP contribution in [0.4, 0.5) is 29.7 Å². The van der Waals surface area contributed by atoms with Crippen LogP contribution in [0.1, 0.15) is 0 Å². The Morgan fingerprint density at radius 2 is 2.00 bits per heavy atom. The Labute approximate surface area is 188 Å². The minimum atomic E-state index is -0.829. The van der Waals surface area contributed by atoms with Gasteiger partial charge in [-0.05, 0) is 12.2 Å². The Hall–Kier alpha value is -2.97. The monoisotopic (exact) mass is 474 g/mol. The highest BCUT2D eigenvalue weighted by Crippen LogP contribution is 2.31. The van der Waals surface area contributed by atoms with E-state index in [0.717, 1.165) is 17.0 Å². The fourth-order valence-electron chi connectivity index (χ4n) is 3.39. The highest BCUT2D eigenvalue weighted by molar-refractivity contribution is 7.80. The number of thiocarbonyl (C=S) groups is 1. The second-order valence-electron chi connectivity index (χ2n) is 6.91. The third-order valence-corrected chi connectivity index (χ3v) is 5.19. The second kappa shape index (κ2) is 10.6. The summed E-state index contributed by atoms with van der Waals surface area (Å²) in [7, 11) is 2.71. The molecule has 3 N–H and O–H groups in total. The Balaban J connectivity index is 1.69.